The molecule has 2 rings (SSSR count). The van der Waals surface area contributed by atoms with Crippen molar-refractivity contribution in [2.24, 2.45) is 14.1 Å². The summed E-state index contributed by atoms with van der Waals surface area (Å²) in [6, 6.07) is 1.65. The van der Waals surface area contributed by atoms with Crippen molar-refractivity contribution in [3.8, 4) is 0 Å². The minimum absolute atomic E-state index is 0.0230. The third-order valence-electron chi connectivity index (χ3n) is 3.57. The minimum Gasteiger partial charge on any atom is -0.475 e. The smallest absolute Gasteiger partial charge is 0.372 e. The fraction of sp³-hybridized carbons (Fsp3) is 0.444. The Morgan fingerprint density at radius 1 is 1.12 bits per heavy atom. The van der Waals surface area contributed by atoms with E-state index in [4.69, 9.17) is 9.84 Å². The van der Waals surface area contributed by atoms with Crippen molar-refractivity contribution in [2.45, 2.75) is 39.2 Å². The lowest BCUT2D eigenvalue weighted by atomic mass is 10.1. The van der Waals surface area contributed by atoms with Gasteiger partial charge in [0.1, 0.15) is 5.60 Å². The Hall–Kier alpha value is -2.90. The number of esters is 1. The van der Waals surface area contributed by atoms with Crippen molar-refractivity contribution in [2.75, 3.05) is 0 Å². The summed E-state index contributed by atoms with van der Waals surface area (Å²) in [5.74, 6) is -1.84. The number of ketones is 1. The molecule has 0 unspecified atom stereocenters. The van der Waals surface area contributed by atoms with Crippen LogP contribution < -0.4 is 0 Å². The zero-order valence-electron chi connectivity index (χ0n) is 15.6. The van der Waals surface area contributed by atoms with Crippen LogP contribution in [0.2, 0.25) is 0 Å². The number of carboxylic acid groups (broad SMARTS) is 1. The number of hydrogen-bond acceptors (Lipinski definition) is 5. The van der Waals surface area contributed by atoms with E-state index in [-0.39, 0.29) is 30.4 Å². The summed E-state index contributed by atoms with van der Waals surface area (Å²) < 4.78 is 8.29. The zero-order chi connectivity index (χ0) is 19.6. The van der Waals surface area contributed by atoms with Gasteiger partial charge in [0.2, 0.25) is 5.82 Å². The molecule has 0 fully saturated rings. The van der Waals surface area contributed by atoms with Gasteiger partial charge >= 0.3 is 11.9 Å². The topological polar surface area (TPSA) is 103 Å². The fourth-order valence-corrected chi connectivity index (χ4v) is 2.62. The molecule has 0 atom stereocenters. The van der Waals surface area contributed by atoms with Gasteiger partial charge in [0.15, 0.2) is 5.78 Å². The zero-order valence-corrected chi connectivity index (χ0v) is 15.6. The maximum absolute atomic E-state index is 12.5. The lowest BCUT2D eigenvalue weighted by Gasteiger charge is -2.19. The van der Waals surface area contributed by atoms with E-state index in [9.17, 15) is 14.4 Å². The highest BCUT2D eigenvalue weighted by molar-refractivity contribution is 5.96. The van der Waals surface area contributed by atoms with E-state index in [1.807, 2.05) is 0 Å². The van der Waals surface area contributed by atoms with Gasteiger partial charge in [0.25, 0.3) is 0 Å². The summed E-state index contributed by atoms with van der Waals surface area (Å²) in [5.41, 5.74) is 0.916. The summed E-state index contributed by atoms with van der Waals surface area (Å²) in [7, 11) is 3.28. The van der Waals surface area contributed by atoms with Gasteiger partial charge < -0.3 is 19.0 Å². The number of aryl methyl sites for hydroxylation is 2. The number of hydrogen-bond donors (Lipinski definition) is 1. The van der Waals surface area contributed by atoms with Crippen molar-refractivity contribution in [3.05, 3.63) is 41.2 Å². The average Bonchev–Trinajstić information content (AvgIpc) is 2.99. The molecule has 0 aliphatic carbocycles. The first-order valence-electron chi connectivity index (χ1n) is 8.12. The van der Waals surface area contributed by atoms with Gasteiger partial charge in [-0.15, -0.1) is 0 Å². The largest absolute Gasteiger partial charge is 0.475 e. The molecule has 0 spiro atoms. The Balaban J connectivity index is 2.10. The molecule has 8 nitrogen and oxygen atoms in total. The Labute approximate surface area is 151 Å². The summed E-state index contributed by atoms with van der Waals surface area (Å²) in [6.45, 7) is 5.38. The van der Waals surface area contributed by atoms with E-state index < -0.39 is 11.6 Å². The van der Waals surface area contributed by atoms with Crippen LogP contribution in [-0.2, 0) is 36.5 Å². The molecule has 8 heteroatoms. The number of carbonyl (C=O) groups excluding carboxylic acids is 2. The van der Waals surface area contributed by atoms with Crippen molar-refractivity contribution in [1.82, 2.24) is 14.1 Å². The van der Waals surface area contributed by atoms with Gasteiger partial charge in [0.05, 0.1) is 24.2 Å². The maximum Gasteiger partial charge on any atom is 0.372 e. The lowest BCUT2D eigenvalue weighted by molar-refractivity contribution is -0.153. The fourth-order valence-electron chi connectivity index (χ4n) is 2.62. The van der Waals surface area contributed by atoms with Gasteiger partial charge in [-0.25, -0.2) is 9.78 Å². The van der Waals surface area contributed by atoms with Crippen LogP contribution in [0.15, 0.2) is 18.5 Å². The van der Waals surface area contributed by atoms with Gasteiger partial charge in [-0.3, -0.25) is 9.59 Å². The van der Waals surface area contributed by atoms with Crippen molar-refractivity contribution in [1.29, 1.82) is 0 Å². The van der Waals surface area contributed by atoms with Crippen LogP contribution in [0.5, 0.6) is 0 Å². The number of carboxylic acids is 1. The van der Waals surface area contributed by atoms with Crippen molar-refractivity contribution < 1.29 is 24.2 Å². The van der Waals surface area contributed by atoms with Gasteiger partial charge in [-0.1, -0.05) is 0 Å². The Bertz CT molecular complexity index is 855. The second-order valence-corrected chi connectivity index (χ2v) is 7.18. The van der Waals surface area contributed by atoms with E-state index in [1.165, 1.54) is 10.8 Å². The van der Waals surface area contributed by atoms with Crippen molar-refractivity contribution in [3.63, 3.8) is 0 Å². The SMILES string of the molecule is Cn1cc(CC(=O)OC(C)(C)C)cc1C(=O)Cc1cn(C)c(C(=O)O)n1. The highest BCUT2D eigenvalue weighted by Crippen LogP contribution is 2.15. The van der Waals surface area contributed by atoms with Crippen LogP contribution in [0.1, 0.15) is 53.1 Å². The summed E-state index contributed by atoms with van der Waals surface area (Å²) in [4.78, 5) is 39.4. The number of rotatable bonds is 6. The van der Waals surface area contributed by atoms with Gasteiger partial charge in [-0.05, 0) is 32.4 Å². The molecule has 0 radical (unpaired) electrons. The van der Waals surface area contributed by atoms with E-state index in [0.29, 0.717) is 17.0 Å². The Morgan fingerprint density at radius 3 is 2.31 bits per heavy atom. The molecular weight excluding hydrogens is 338 g/mol. The van der Waals surface area contributed by atoms with Crippen LogP contribution in [0, 0.1) is 0 Å². The molecule has 26 heavy (non-hydrogen) atoms. The predicted molar refractivity (Wildman–Crippen MR) is 93.2 cm³/mol. The number of nitrogens with zero attached hydrogens (tertiary/aromatic N) is 3. The number of aromatic carboxylic acids is 1. The van der Waals surface area contributed by atoms with Crippen LogP contribution in [0.4, 0.5) is 0 Å². The second kappa shape index (κ2) is 7.15. The summed E-state index contributed by atoms with van der Waals surface area (Å²) >= 11 is 0. The summed E-state index contributed by atoms with van der Waals surface area (Å²) in [6.07, 6.45) is 3.28. The number of aromatic nitrogens is 3. The molecule has 0 aliphatic heterocycles. The normalized spacial score (nSPS) is 11.4. The standard InChI is InChI=1S/C18H23N3O5/c1-18(2,3)26-15(23)7-11-6-13(20(4)9-11)14(22)8-12-10-21(5)16(19-12)17(24)25/h6,9-10H,7-8H2,1-5H3,(H,24,25). The van der Waals surface area contributed by atoms with E-state index >= 15 is 0 Å². The molecule has 2 aromatic rings. The van der Waals surface area contributed by atoms with Crippen LogP contribution >= 0.6 is 0 Å². The minimum atomic E-state index is -1.15. The van der Waals surface area contributed by atoms with Crippen LogP contribution in [-0.4, -0.2) is 42.5 Å². The Kier molecular flexibility index (Phi) is 5.34. The maximum atomic E-state index is 12.5. The first-order chi connectivity index (χ1) is 12.0. The van der Waals surface area contributed by atoms with E-state index in [2.05, 4.69) is 4.98 Å². The molecule has 0 bridgehead atoms. The highest BCUT2D eigenvalue weighted by Gasteiger charge is 2.20. The van der Waals surface area contributed by atoms with E-state index in [1.54, 1.807) is 51.7 Å². The lowest BCUT2D eigenvalue weighted by Crippen LogP contribution is -2.24. The molecule has 0 amide bonds. The molecule has 0 saturated carbocycles. The molecule has 2 aromatic heterocycles. The average molecular weight is 361 g/mol. The Morgan fingerprint density at radius 2 is 1.77 bits per heavy atom. The van der Waals surface area contributed by atoms with Gasteiger partial charge in [0, 0.05) is 26.5 Å². The molecule has 0 aromatic carbocycles. The monoisotopic (exact) mass is 361 g/mol. The first-order valence-corrected chi connectivity index (χ1v) is 8.12. The van der Waals surface area contributed by atoms with E-state index in [0.717, 1.165) is 0 Å². The molecule has 140 valence electrons. The van der Waals surface area contributed by atoms with Crippen LogP contribution in [0.25, 0.3) is 0 Å². The number of Topliss-reactive ketones (excluding diaryl/α,β-unsaturated/α-hetero) is 1. The highest BCUT2D eigenvalue weighted by atomic mass is 16.6. The van der Waals surface area contributed by atoms with Crippen LogP contribution in [0.3, 0.4) is 0 Å². The first kappa shape index (κ1) is 19.4. The number of imidazole rings is 1. The molecular formula is C18H23N3O5. The third kappa shape index (κ3) is 4.81. The quantitative estimate of drug-likeness (QED) is 0.621. The molecule has 0 saturated heterocycles. The van der Waals surface area contributed by atoms with Gasteiger partial charge in [-0.2, -0.15) is 0 Å². The number of ether oxygens (including phenoxy) is 1. The molecule has 2 heterocycles. The third-order valence-corrected chi connectivity index (χ3v) is 3.57. The summed E-state index contributed by atoms with van der Waals surface area (Å²) in [5, 5.41) is 9.03. The molecule has 0 aliphatic rings. The molecule has 1 N–H and O–H groups in total. The predicted octanol–water partition coefficient (Wildman–Crippen LogP) is 1.77. The number of carbonyl (C=O) groups is 3. The second-order valence-electron chi connectivity index (χ2n) is 7.18. The van der Waals surface area contributed by atoms with Crippen molar-refractivity contribution >= 4 is 17.7 Å².